The molecular weight excluding hydrogens is 584 g/mol. The molecule has 6 rings (SSSR count). The topological polar surface area (TPSA) is 89.2 Å². The van der Waals surface area contributed by atoms with Gasteiger partial charge in [0.25, 0.3) is 10.0 Å². The normalized spacial score (nSPS) is 17.1. The number of thiophene rings is 1. The number of halogens is 1. The average Bonchev–Trinajstić information content (AvgIpc) is 3.63. The standard InChI is InChI=1S/C34H29FN2O4S2/c1-21-6-13-27(14-7-21)43(39,40)37-30-15-12-26(35)19-29(30)32(28-16-17-42-31(28)20-36)33(37)25-5-3-4-24(18-25)22-8-10-23(11-9-22)34(38)41-2/h3-7,12-19,22-23H,8-11H2,1-2H3. The Morgan fingerprint density at radius 2 is 1.77 bits per heavy atom. The first-order chi connectivity index (χ1) is 20.7. The summed E-state index contributed by atoms with van der Waals surface area (Å²) in [5.74, 6) is -0.616. The minimum absolute atomic E-state index is 0.107. The monoisotopic (exact) mass is 612 g/mol. The first-order valence-corrected chi connectivity index (χ1v) is 16.4. The van der Waals surface area contributed by atoms with Crippen molar-refractivity contribution < 1.29 is 22.3 Å². The van der Waals surface area contributed by atoms with E-state index in [9.17, 15) is 22.9 Å². The number of carbonyl (C=O) groups excluding carboxylic acids is 1. The van der Waals surface area contributed by atoms with Gasteiger partial charge in [0, 0.05) is 22.1 Å². The van der Waals surface area contributed by atoms with Gasteiger partial charge in [-0.2, -0.15) is 5.26 Å². The van der Waals surface area contributed by atoms with Gasteiger partial charge in [-0.15, -0.1) is 11.3 Å². The lowest BCUT2D eigenvalue weighted by molar-refractivity contribution is -0.146. The van der Waals surface area contributed by atoms with Crippen molar-refractivity contribution in [3.05, 3.63) is 100.0 Å². The first-order valence-electron chi connectivity index (χ1n) is 14.0. The van der Waals surface area contributed by atoms with Gasteiger partial charge in [-0.3, -0.25) is 4.79 Å². The van der Waals surface area contributed by atoms with Crippen LogP contribution in [0.5, 0.6) is 0 Å². The largest absolute Gasteiger partial charge is 0.469 e. The van der Waals surface area contributed by atoms with Crippen molar-refractivity contribution in [1.29, 1.82) is 5.26 Å². The number of carbonyl (C=O) groups is 1. The van der Waals surface area contributed by atoms with Gasteiger partial charge in [0.15, 0.2) is 0 Å². The molecule has 0 N–H and O–H groups in total. The molecule has 5 aromatic rings. The second-order valence-corrected chi connectivity index (χ2v) is 13.6. The maximum absolute atomic E-state index is 14.8. The van der Waals surface area contributed by atoms with E-state index in [-0.39, 0.29) is 22.7 Å². The van der Waals surface area contributed by atoms with Crippen LogP contribution in [0.1, 0.15) is 47.6 Å². The molecule has 43 heavy (non-hydrogen) atoms. The SMILES string of the molecule is COC(=O)C1CCC(c2cccc(-c3c(-c4ccsc4C#N)c4cc(F)ccc4n3S(=O)(=O)c3ccc(C)cc3)c2)CC1. The molecule has 2 aromatic heterocycles. The lowest BCUT2D eigenvalue weighted by Crippen LogP contribution is -2.22. The summed E-state index contributed by atoms with van der Waals surface area (Å²) in [7, 11) is -2.74. The zero-order valence-corrected chi connectivity index (χ0v) is 25.3. The van der Waals surface area contributed by atoms with Crippen LogP contribution in [0.15, 0.2) is 83.1 Å². The Hall–Kier alpha value is -4.26. The molecule has 0 radical (unpaired) electrons. The van der Waals surface area contributed by atoms with E-state index >= 15 is 0 Å². The van der Waals surface area contributed by atoms with Crippen LogP contribution in [0.25, 0.3) is 33.3 Å². The first kappa shape index (κ1) is 28.8. The Morgan fingerprint density at radius 3 is 2.47 bits per heavy atom. The summed E-state index contributed by atoms with van der Waals surface area (Å²) < 4.78 is 50.0. The van der Waals surface area contributed by atoms with E-state index in [0.717, 1.165) is 24.0 Å². The molecule has 6 nitrogen and oxygen atoms in total. The smallest absolute Gasteiger partial charge is 0.308 e. The van der Waals surface area contributed by atoms with Gasteiger partial charge in [-0.05, 0) is 91.9 Å². The summed E-state index contributed by atoms with van der Waals surface area (Å²) in [6.07, 6.45) is 3.04. The number of benzene rings is 3. The summed E-state index contributed by atoms with van der Waals surface area (Å²) in [4.78, 5) is 12.6. The number of rotatable bonds is 6. The van der Waals surface area contributed by atoms with Gasteiger partial charge < -0.3 is 4.74 Å². The molecule has 0 unspecified atom stereocenters. The molecule has 0 amide bonds. The molecule has 218 valence electrons. The molecule has 1 aliphatic carbocycles. The molecule has 1 saturated carbocycles. The van der Waals surface area contributed by atoms with Crippen molar-refractivity contribution in [2.45, 2.75) is 43.4 Å². The maximum Gasteiger partial charge on any atom is 0.308 e. The molecular formula is C34H29FN2O4S2. The molecule has 0 spiro atoms. The van der Waals surface area contributed by atoms with Crippen LogP contribution in [0.4, 0.5) is 4.39 Å². The third-order valence-corrected chi connectivity index (χ3v) is 10.9. The van der Waals surface area contributed by atoms with Gasteiger partial charge in [0.2, 0.25) is 0 Å². The number of hydrogen-bond acceptors (Lipinski definition) is 6. The fraction of sp³-hybridized carbons (Fsp3) is 0.235. The Labute approximate surface area is 254 Å². The Balaban J connectivity index is 1.61. The minimum atomic E-state index is -4.16. The van der Waals surface area contributed by atoms with Gasteiger partial charge in [-0.1, -0.05) is 35.9 Å². The van der Waals surface area contributed by atoms with E-state index in [1.54, 1.807) is 35.7 Å². The van der Waals surface area contributed by atoms with Crippen LogP contribution in [0.2, 0.25) is 0 Å². The van der Waals surface area contributed by atoms with Crippen LogP contribution in [0.3, 0.4) is 0 Å². The van der Waals surface area contributed by atoms with Crippen LogP contribution in [-0.4, -0.2) is 25.5 Å². The Kier molecular flexibility index (Phi) is 7.67. The summed E-state index contributed by atoms with van der Waals surface area (Å²) in [5, 5.41) is 12.1. The predicted octanol–water partition coefficient (Wildman–Crippen LogP) is 8.04. The van der Waals surface area contributed by atoms with Crippen LogP contribution in [0, 0.1) is 30.0 Å². The summed E-state index contributed by atoms with van der Waals surface area (Å²) in [6.45, 7) is 1.89. The highest BCUT2D eigenvalue weighted by atomic mass is 32.2. The van der Waals surface area contributed by atoms with E-state index in [2.05, 4.69) is 6.07 Å². The number of esters is 1. The Bertz CT molecular complexity index is 1990. The molecule has 0 atom stereocenters. The fourth-order valence-corrected chi connectivity index (χ4v) is 8.43. The number of aromatic nitrogens is 1. The predicted molar refractivity (Wildman–Crippen MR) is 166 cm³/mol. The second-order valence-electron chi connectivity index (χ2n) is 10.9. The quantitative estimate of drug-likeness (QED) is 0.181. The number of ether oxygens (including phenoxy) is 1. The van der Waals surface area contributed by atoms with E-state index in [1.165, 1.54) is 40.6 Å². The van der Waals surface area contributed by atoms with Crippen molar-refractivity contribution in [3.63, 3.8) is 0 Å². The van der Waals surface area contributed by atoms with Crippen LogP contribution < -0.4 is 0 Å². The van der Waals surface area contributed by atoms with Crippen molar-refractivity contribution in [1.82, 2.24) is 3.97 Å². The third kappa shape index (κ3) is 5.15. The highest BCUT2D eigenvalue weighted by Crippen LogP contribution is 2.46. The zero-order chi connectivity index (χ0) is 30.3. The average molecular weight is 613 g/mol. The lowest BCUT2D eigenvalue weighted by atomic mass is 9.78. The van der Waals surface area contributed by atoms with E-state index in [1.807, 2.05) is 31.2 Å². The maximum atomic E-state index is 14.8. The molecule has 1 aliphatic rings. The summed E-state index contributed by atoms with van der Waals surface area (Å²) >= 11 is 1.25. The van der Waals surface area contributed by atoms with Crippen molar-refractivity contribution in [2.24, 2.45) is 5.92 Å². The number of nitriles is 1. The number of methoxy groups -OCH3 is 1. The highest BCUT2D eigenvalue weighted by Gasteiger charge is 2.32. The lowest BCUT2D eigenvalue weighted by Gasteiger charge is -2.27. The second kappa shape index (κ2) is 11.4. The van der Waals surface area contributed by atoms with Gasteiger partial charge in [0.05, 0.1) is 29.1 Å². The molecule has 0 aliphatic heterocycles. The molecule has 9 heteroatoms. The highest BCUT2D eigenvalue weighted by molar-refractivity contribution is 7.90. The number of fused-ring (bicyclic) bond motifs is 1. The number of nitrogens with zero attached hydrogens (tertiary/aromatic N) is 2. The van der Waals surface area contributed by atoms with Crippen LogP contribution in [-0.2, 0) is 19.6 Å². The van der Waals surface area contributed by atoms with E-state index in [0.29, 0.717) is 51.0 Å². The third-order valence-electron chi connectivity index (χ3n) is 8.38. The van der Waals surface area contributed by atoms with Gasteiger partial charge in [-0.25, -0.2) is 16.8 Å². The molecule has 1 fully saturated rings. The van der Waals surface area contributed by atoms with Crippen molar-refractivity contribution in [2.75, 3.05) is 7.11 Å². The summed E-state index contributed by atoms with van der Waals surface area (Å²) in [5.41, 5.74) is 4.35. The van der Waals surface area contributed by atoms with Gasteiger partial charge >= 0.3 is 5.97 Å². The van der Waals surface area contributed by atoms with E-state index in [4.69, 9.17) is 4.74 Å². The molecule has 0 bridgehead atoms. The molecule has 3 aromatic carbocycles. The Morgan fingerprint density at radius 1 is 1.02 bits per heavy atom. The van der Waals surface area contributed by atoms with E-state index < -0.39 is 15.8 Å². The van der Waals surface area contributed by atoms with Crippen LogP contribution >= 0.6 is 11.3 Å². The number of hydrogen-bond donors (Lipinski definition) is 0. The van der Waals surface area contributed by atoms with Crippen molar-refractivity contribution in [3.8, 4) is 28.5 Å². The molecule has 0 saturated heterocycles. The summed E-state index contributed by atoms with van der Waals surface area (Å²) in [6, 6.07) is 22.5. The minimum Gasteiger partial charge on any atom is -0.469 e. The van der Waals surface area contributed by atoms with Crippen molar-refractivity contribution >= 4 is 38.2 Å². The fourth-order valence-electron chi connectivity index (χ4n) is 6.20. The molecule has 2 heterocycles. The van der Waals surface area contributed by atoms with Gasteiger partial charge in [0.1, 0.15) is 16.8 Å². The number of aryl methyl sites for hydroxylation is 1. The zero-order valence-electron chi connectivity index (χ0n) is 23.7.